The summed E-state index contributed by atoms with van der Waals surface area (Å²) in [4.78, 5) is 10.7. The van der Waals surface area contributed by atoms with Gasteiger partial charge in [0.05, 0.1) is 5.92 Å². The fourth-order valence-electron chi connectivity index (χ4n) is 1.38. The number of phenols is 1. The third-order valence-corrected chi connectivity index (χ3v) is 2.38. The van der Waals surface area contributed by atoms with E-state index in [0.717, 1.165) is 5.56 Å². The lowest BCUT2D eigenvalue weighted by Crippen LogP contribution is -2.07. The monoisotopic (exact) mass is 194 g/mol. The number of carboxylic acid groups (broad SMARTS) is 1. The van der Waals surface area contributed by atoms with Crippen LogP contribution in [-0.2, 0) is 4.79 Å². The number of carbonyl (C=O) groups is 1. The molecule has 2 N–H and O–H groups in total. The number of aliphatic carboxylic acids is 1. The Kier molecular flexibility index (Phi) is 2.79. The van der Waals surface area contributed by atoms with Crippen LogP contribution in [0.4, 0.5) is 0 Å². The molecule has 0 aliphatic carbocycles. The van der Waals surface area contributed by atoms with Crippen LogP contribution in [-0.4, -0.2) is 16.2 Å². The molecule has 0 aliphatic rings. The summed E-state index contributed by atoms with van der Waals surface area (Å²) < 4.78 is 0. The summed E-state index contributed by atoms with van der Waals surface area (Å²) in [6.45, 7) is 5.16. The highest BCUT2D eigenvalue weighted by Gasteiger charge is 2.15. The van der Waals surface area contributed by atoms with Gasteiger partial charge in [0.2, 0.25) is 0 Å². The van der Waals surface area contributed by atoms with Gasteiger partial charge in [-0.15, -0.1) is 0 Å². The third-order valence-electron chi connectivity index (χ3n) is 2.38. The van der Waals surface area contributed by atoms with Gasteiger partial charge in [0.25, 0.3) is 0 Å². The van der Waals surface area contributed by atoms with Gasteiger partial charge >= 0.3 is 5.97 Å². The van der Waals surface area contributed by atoms with E-state index < -0.39 is 11.9 Å². The molecule has 1 unspecified atom stereocenters. The Morgan fingerprint density at radius 2 is 1.71 bits per heavy atom. The van der Waals surface area contributed by atoms with E-state index in [-0.39, 0.29) is 5.75 Å². The van der Waals surface area contributed by atoms with Gasteiger partial charge in [-0.05, 0) is 37.5 Å². The molecule has 0 heterocycles. The minimum Gasteiger partial charge on any atom is -0.507 e. The van der Waals surface area contributed by atoms with Crippen LogP contribution < -0.4 is 0 Å². The smallest absolute Gasteiger partial charge is 0.310 e. The summed E-state index contributed by atoms with van der Waals surface area (Å²) in [6.07, 6.45) is 0. The Morgan fingerprint density at radius 1 is 1.29 bits per heavy atom. The largest absolute Gasteiger partial charge is 0.507 e. The molecule has 14 heavy (non-hydrogen) atoms. The van der Waals surface area contributed by atoms with Crippen LogP contribution >= 0.6 is 0 Å². The Balaban J connectivity index is 3.19. The Morgan fingerprint density at radius 3 is 2.07 bits per heavy atom. The maximum atomic E-state index is 10.7. The van der Waals surface area contributed by atoms with Crippen LogP contribution in [0.1, 0.15) is 29.5 Å². The molecule has 1 aromatic rings. The molecule has 1 rings (SSSR count). The summed E-state index contributed by atoms with van der Waals surface area (Å²) >= 11 is 0. The van der Waals surface area contributed by atoms with Crippen molar-refractivity contribution >= 4 is 5.97 Å². The quantitative estimate of drug-likeness (QED) is 0.758. The lowest BCUT2D eigenvalue weighted by atomic mass is 9.96. The van der Waals surface area contributed by atoms with Crippen molar-refractivity contribution in [2.24, 2.45) is 0 Å². The number of aryl methyl sites for hydroxylation is 2. The second kappa shape index (κ2) is 3.70. The van der Waals surface area contributed by atoms with Gasteiger partial charge in [-0.25, -0.2) is 0 Å². The fourth-order valence-corrected chi connectivity index (χ4v) is 1.38. The lowest BCUT2D eigenvalue weighted by molar-refractivity contribution is -0.138. The van der Waals surface area contributed by atoms with E-state index in [1.807, 2.05) is 0 Å². The van der Waals surface area contributed by atoms with Crippen LogP contribution in [0.15, 0.2) is 12.1 Å². The fraction of sp³-hybridized carbons (Fsp3) is 0.364. The SMILES string of the molecule is Cc1cc(C(C)C(=O)O)cc(C)c1O. The van der Waals surface area contributed by atoms with E-state index in [4.69, 9.17) is 5.11 Å². The summed E-state index contributed by atoms with van der Waals surface area (Å²) in [7, 11) is 0. The first-order valence-electron chi connectivity index (χ1n) is 4.46. The van der Waals surface area contributed by atoms with Crippen LogP contribution in [0.2, 0.25) is 0 Å². The van der Waals surface area contributed by atoms with Gasteiger partial charge in [-0.1, -0.05) is 12.1 Å². The molecular weight excluding hydrogens is 180 g/mol. The maximum Gasteiger partial charge on any atom is 0.310 e. The second-order valence-electron chi connectivity index (χ2n) is 3.56. The van der Waals surface area contributed by atoms with Crippen molar-refractivity contribution in [3.63, 3.8) is 0 Å². The van der Waals surface area contributed by atoms with E-state index in [2.05, 4.69) is 0 Å². The van der Waals surface area contributed by atoms with Crippen molar-refractivity contribution in [2.75, 3.05) is 0 Å². The van der Waals surface area contributed by atoms with Gasteiger partial charge in [0.15, 0.2) is 0 Å². The van der Waals surface area contributed by atoms with Crippen molar-refractivity contribution in [3.05, 3.63) is 28.8 Å². The molecular formula is C11H14O3. The molecule has 0 fully saturated rings. The lowest BCUT2D eigenvalue weighted by Gasteiger charge is -2.10. The van der Waals surface area contributed by atoms with Crippen molar-refractivity contribution < 1.29 is 15.0 Å². The van der Waals surface area contributed by atoms with Crippen molar-refractivity contribution in [1.82, 2.24) is 0 Å². The Labute approximate surface area is 83.0 Å². The molecule has 1 aromatic carbocycles. The molecule has 3 heteroatoms. The number of hydrogen-bond donors (Lipinski definition) is 2. The van der Waals surface area contributed by atoms with Crippen molar-refractivity contribution in [1.29, 1.82) is 0 Å². The average Bonchev–Trinajstić information content (AvgIpc) is 2.12. The van der Waals surface area contributed by atoms with Crippen molar-refractivity contribution in [2.45, 2.75) is 26.7 Å². The third kappa shape index (κ3) is 1.87. The predicted octanol–water partition coefficient (Wildman–Crippen LogP) is 2.20. The van der Waals surface area contributed by atoms with Crippen LogP contribution in [0.25, 0.3) is 0 Å². The van der Waals surface area contributed by atoms with E-state index in [9.17, 15) is 9.90 Å². The van der Waals surface area contributed by atoms with Crippen LogP contribution in [0, 0.1) is 13.8 Å². The molecule has 0 amide bonds. The molecule has 0 aromatic heterocycles. The van der Waals surface area contributed by atoms with E-state index in [0.29, 0.717) is 11.1 Å². The topological polar surface area (TPSA) is 57.5 Å². The predicted molar refractivity (Wildman–Crippen MR) is 53.6 cm³/mol. The zero-order valence-corrected chi connectivity index (χ0v) is 8.53. The van der Waals surface area contributed by atoms with E-state index in [1.54, 1.807) is 32.9 Å². The van der Waals surface area contributed by atoms with Crippen LogP contribution in [0.3, 0.4) is 0 Å². The molecule has 0 spiro atoms. The highest BCUT2D eigenvalue weighted by Crippen LogP contribution is 2.26. The molecule has 0 saturated heterocycles. The summed E-state index contributed by atoms with van der Waals surface area (Å²) in [5, 5.41) is 18.3. The van der Waals surface area contributed by atoms with Gasteiger partial charge in [0.1, 0.15) is 5.75 Å². The average molecular weight is 194 g/mol. The van der Waals surface area contributed by atoms with Gasteiger partial charge < -0.3 is 10.2 Å². The Bertz CT molecular complexity index is 346. The van der Waals surface area contributed by atoms with Gasteiger partial charge in [-0.3, -0.25) is 4.79 Å². The zero-order valence-electron chi connectivity index (χ0n) is 8.53. The number of rotatable bonds is 2. The second-order valence-corrected chi connectivity index (χ2v) is 3.56. The summed E-state index contributed by atoms with van der Waals surface area (Å²) in [6, 6.07) is 3.42. The maximum absolute atomic E-state index is 10.7. The molecule has 76 valence electrons. The molecule has 0 aliphatic heterocycles. The first-order valence-corrected chi connectivity index (χ1v) is 4.46. The van der Waals surface area contributed by atoms with Gasteiger partial charge in [-0.2, -0.15) is 0 Å². The van der Waals surface area contributed by atoms with Crippen molar-refractivity contribution in [3.8, 4) is 5.75 Å². The minimum absolute atomic E-state index is 0.242. The number of benzene rings is 1. The van der Waals surface area contributed by atoms with E-state index >= 15 is 0 Å². The minimum atomic E-state index is -0.852. The zero-order chi connectivity index (χ0) is 10.9. The molecule has 3 nitrogen and oxygen atoms in total. The first-order chi connectivity index (χ1) is 6.43. The van der Waals surface area contributed by atoms with Crippen LogP contribution in [0.5, 0.6) is 5.75 Å². The number of aromatic hydroxyl groups is 1. The van der Waals surface area contributed by atoms with Gasteiger partial charge in [0, 0.05) is 0 Å². The summed E-state index contributed by atoms with van der Waals surface area (Å²) in [5.41, 5.74) is 2.16. The molecule has 1 atom stereocenters. The first kappa shape index (κ1) is 10.6. The molecule has 0 saturated carbocycles. The number of hydrogen-bond acceptors (Lipinski definition) is 2. The molecule has 0 radical (unpaired) electrons. The normalized spacial score (nSPS) is 12.5. The number of phenolic OH excluding ortho intramolecular Hbond substituents is 1. The number of carboxylic acids is 1. The summed E-state index contributed by atoms with van der Waals surface area (Å²) in [5.74, 6) is -1.14. The standard InChI is InChI=1S/C11H14O3/c1-6-4-9(8(3)11(13)14)5-7(2)10(6)12/h4-5,8,12H,1-3H3,(H,13,14). The van der Waals surface area contributed by atoms with E-state index in [1.165, 1.54) is 0 Å². The highest BCUT2D eigenvalue weighted by molar-refractivity contribution is 5.75. The molecule has 0 bridgehead atoms. The Hall–Kier alpha value is -1.51. The highest BCUT2D eigenvalue weighted by atomic mass is 16.4.